The van der Waals surface area contributed by atoms with Crippen LogP contribution in [0, 0.1) is 0 Å². The van der Waals surface area contributed by atoms with E-state index in [1.54, 1.807) is 26.0 Å². The Morgan fingerprint density at radius 3 is 2.50 bits per heavy atom. The molecule has 34 heavy (non-hydrogen) atoms. The molecule has 2 aromatic carbocycles. The van der Waals surface area contributed by atoms with Crippen molar-refractivity contribution in [2.45, 2.75) is 24.8 Å². The van der Waals surface area contributed by atoms with Gasteiger partial charge in [-0.2, -0.15) is 4.31 Å². The number of hydrogen-bond acceptors (Lipinski definition) is 7. The molecule has 2 aliphatic heterocycles. The second kappa shape index (κ2) is 10.6. The van der Waals surface area contributed by atoms with Crippen LogP contribution in [0.3, 0.4) is 0 Å². The number of para-hydroxylation sites is 2. The maximum atomic E-state index is 13.3. The topological polar surface area (TPSA) is 97.4 Å². The van der Waals surface area contributed by atoms with Crippen LogP contribution in [0.1, 0.15) is 24.2 Å². The maximum Gasteiger partial charge on any atom is 0.253 e. The number of fused-ring (bicyclic) bond motifs is 1. The van der Waals surface area contributed by atoms with Gasteiger partial charge in [0, 0.05) is 31.9 Å². The average molecular weight is 490 g/mol. The van der Waals surface area contributed by atoms with Gasteiger partial charge in [0.15, 0.2) is 11.5 Å². The number of carbonyl (C=O) groups excluding carboxylic acids is 1. The number of sulfonamides is 1. The first-order valence-electron chi connectivity index (χ1n) is 11.6. The van der Waals surface area contributed by atoms with Crippen molar-refractivity contribution in [3.63, 3.8) is 0 Å². The van der Waals surface area contributed by atoms with Gasteiger partial charge >= 0.3 is 0 Å². The van der Waals surface area contributed by atoms with Crippen molar-refractivity contribution in [1.29, 1.82) is 0 Å². The Bertz CT molecular complexity index is 1110. The highest BCUT2D eigenvalue weighted by molar-refractivity contribution is 7.89. The lowest BCUT2D eigenvalue weighted by Crippen LogP contribution is -2.42. The highest BCUT2D eigenvalue weighted by Crippen LogP contribution is 2.31. The monoisotopic (exact) mass is 489 g/mol. The number of nitrogens with one attached hydrogen (secondary N) is 1. The summed E-state index contributed by atoms with van der Waals surface area (Å²) in [5, 5.41) is 2.90. The predicted octanol–water partition coefficient (Wildman–Crippen LogP) is 2.12. The summed E-state index contributed by atoms with van der Waals surface area (Å²) in [7, 11) is -3.71. The third-order valence-corrected chi connectivity index (χ3v) is 8.01. The fraction of sp³-hybridized carbons (Fsp3) is 0.458. The first-order chi connectivity index (χ1) is 16.4. The summed E-state index contributed by atoms with van der Waals surface area (Å²) in [5.74, 6) is 0.948. The van der Waals surface area contributed by atoms with Gasteiger partial charge in [0.25, 0.3) is 5.91 Å². The van der Waals surface area contributed by atoms with E-state index in [2.05, 4.69) is 5.32 Å². The van der Waals surface area contributed by atoms with Crippen molar-refractivity contribution in [2.24, 2.45) is 0 Å². The SMILES string of the molecule is CCN(CC)S(=O)(=O)c1ccc(N2CCOCC2)c(C(=O)NC[C@@H]2COc3ccccc3O2)c1. The van der Waals surface area contributed by atoms with Gasteiger partial charge < -0.3 is 24.4 Å². The molecule has 0 unspecified atom stereocenters. The Labute approximate surface area is 200 Å². The third-order valence-electron chi connectivity index (χ3n) is 5.97. The van der Waals surface area contributed by atoms with Crippen molar-refractivity contribution in [2.75, 3.05) is 57.4 Å². The van der Waals surface area contributed by atoms with Gasteiger partial charge in [-0.15, -0.1) is 0 Å². The largest absolute Gasteiger partial charge is 0.486 e. The molecular weight excluding hydrogens is 458 g/mol. The van der Waals surface area contributed by atoms with E-state index < -0.39 is 10.0 Å². The highest BCUT2D eigenvalue weighted by atomic mass is 32.2. The maximum absolute atomic E-state index is 13.3. The molecule has 10 heteroatoms. The third kappa shape index (κ3) is 5.13. The van der Waals surface area contributed by atoms with Crippen molar-refractivity contribution in [3.05, 3.63) is 48.0 Å². The molecule has 1 amide bonds. The summed E-state index contributed by atoms with van der Waals surface area (Å²) >= 11 is 0. The molecule has 1 saturated heterocycles. The Kier molecular flexibility index (Phi) is 7.60. The lowest BCUT2D eigenvalue weighted by molar-refractivity contribution is 0.0788. The normalized spacial score (nSPS) is 18.1. The zero-order valence-electron chi connectivity index (χ0n) is 19.5. The number of carbonyl (C=O) groups is 1. The molecule has 1 fully saturated rings. The van der Waals surface area contributed by atoms with Gasteiger partial charge in [-0.3, -0.25) is 4.79 Å². The molecule has 9 nitrogen and oxygen atoms in total. The van der Waals surface area contributed by atoms with Crippen LogP contribution >= 0.6 is 0 Å². The van der Waals surface area contributed by atoms with E-state index in [0.29, 0.717) is 68.7 Å². The minimum absolute atomic E-state index is 0.101. The quantitative estimate of drug-likeness (QED) is 0.607. The molecule has 0 bridgehead atoms. The molecule has 4 rings (SSSR count). The molecule has 0 spiro atoms. The zero-order chi connectivity index (χ0) is 24.1. The Balaban J connectivity index is 1.56. The molecule has 184 valence electrons. The van der Waals surface area contributed by atoms with E-state index in [0.717, 1.165) is 0 Å². The van der Waals surface area contributed by atoms with Gasteiger partial charge in [-0.1, -0.05) is 26.0 Å². The van der Waals surface area contributed by atoms with E-state index >= 15 is 0 Å². The molecule has 1 atom stereocenters. The van der Waals surface area contributed by atoms with Crippen LogP contribution in [-0.2, 0) is 14.8 Å². The van der Waals surface area contributed by atoms with E-state index in [1.807, 2.05) is 29.2 Å². The highest BCUT2D eigenvalue weighted by Gasteiger charge is 2.27. The molecule has 0 saturated carbocycles. The standard InChI is InChI=1S/C24H31N3O6S/c1-3-27(4-2)34(29,30)19-9-10-21(26-11-13-31-14-12-26)20(15-19)24(28)25-16-18-17-32-22-7-5-6-8-23(22)33-18/h5-10,15,18H,3-4,11-14,16-17H2,1-2H3,(H,25,28)/t18-/m1/s1. The van der Waals surface area contributed by atoms with Gasteiger partial charge in [0.2, 0.25) is 10.0 Å². The molecule has 2 aromatic rings. The number of benzene rings is 2. The average Bonchev–Trinajstić information content (AvgIpc) is 2.88. The second-order valence-electron chi connectivity index (χ2n) is 8.08. The Morgan fingerprint density at radius 1 is 1.09 bits per heavy atom. The molecule has 2 aliphatic rings. The van der Waals surface area contributed by atoms with Crippen LogP contribution in [0.25, 0.3) is 0 Å². The van der Waals surface area contributed by atoms with Gasteiger partial charge in [-0.25, -0.2) is 8.42 Å². The smallest absolute Gasteiger partial charge is 0.253 e. The number of morpholine rings is 1. The fourth-order valence-corrected chi connectivity index (χ4v) is 5.60. The van der Waals surface area contributed by atoms with Crippen LogP contribution in [0.5, 0.6) is 11.5 Å². The molecule has 2 heterocycles. The molecule has 0 radical (unpaired) electrons. The second-order valence-corrected chi connectivity index (χ2v) is 10.0. The number of amides is 1. The van der Waals surface area contributed by atoms with Gasteiger partial charge in [-0.05, 0) is 30.3 Å². The van der Waals surface area contributed by atoms with Crippen LogP contribution in [0.15, 0.2) is 47.4 Å². The summed E-state index contributed by atoms with van der Waals surface area (Å²) in [4.78, 5) is 15.5. The zero-order valence-corrected chi connectivity index (χ0v) is 20.3. The van der Waals surface area contributed by atoms with Crippen molar-refractivity contribution in [3.8, 4) is 11.5 Å². The number of rotatable bonds is 8. The number of nitrogens with zero attached hydrogens (tertiary/aromatic N) is 2. The summed E-state index contributed by atoms with van der Waals surface area (Å²) < 4.78 is 44.7. The Morgan fingerprint density at radius 2 is 1.79 bits per heavy atom. The first-order valence-corrected chi connectivity index (χ1v) is 13.0. The summed E-state index contributed by atoms with van der Waals surface area (Å²) in [5.41, 5.74) is 0.998. The molecule has 0 aromatic heterocycles. The first kappa shape index (κ1) is 24.3. The lowest BCUT2D eigenvalue weighted by Gasteiger charge is -2.31. The van der Waals surface area contributed by atoms with Gasteiger partial charge in [0.05, 0.1) is 30.2 Å². The van der Waals surface area contributed by atoms with Crippen molar-refractivity contribution >= 4 is 21.6 Å². The number of ether oxygens (including phenoxy) is 3. The van der Waals surface area contributed by atoms with E-state index in [9.17, 15) is 13.2 Å². The fourth-order valence-electron chi connectivity index (χ4n) is 4.12. The summed E-state index contributed by atoms with van der Waals surface area (Å²) in [6.45, 7) is 7.17. The number of anilines is 1. The minimum atomic E-state index is -3.71. The Hall–Kier alpha value is -2.82. The predicted molar refractivity (Wildman–Crippen MR) is 128 cm³/mol. The summed E-state index contributed by atoms with van der Waals surface area (Å²) in [6.07, 6.45) is -0.353. The van der Waals surface area contributed by atoms with E-state index in [-0.39, 0.29) is 23.5 Å². The van der Waals surface area contributed by atoms with Crippen LogP contribution in [0.4, 0.5) is 5.69 Å². The van der Waals surface area contributed by atoms with Crippen LogP contribution in [0.2, 0.25) is 0 Å². The number of hydrogen-bond donors (Lipinski definition) is 1. The summed E-state index contributed by atoms with van der Waals surface area (Å²) in [6, 6.07) is 12.1. The molecule has 1 N–H and O–H groups in total. The van der Waals surface area contributed by atoms with Crippen molar-refractivity contribution < 1.29 is 27.4 Å². The molecule has 0 aliphatic carbocycles. The van der Waals surface area contributed by atoms with Crippen LogP contribution < -0.4 is 19.7 Å². The molecular formula is C24H31N3O6S. The van der Waals surface area contributed by atoms with E-state index in [1.165, 1.54) is 10.4 Å². The van der Waals surface area contributed by atoms with Gasteiger partial charge in [0.1, 0.15) is 12.7 Å². The van der Waals surface area contributed by atoms with Crippen molar-refractivity contribution in [1.82, 2.24) is 9.62 Å². The van der Waals surface area contributed by atoms with Crippen LogP contribution in [-0.4, -0.2) is 77.3 Å². The lowest BCUT2D eigenvalue weighted by atomic mass is 10.1. The van der Waals surface area contributed by atoms with E-state index in [4.69, 9.17) is 14.2 Å². The minimum Gasteiger partial charge on any atom is -0.486 e.